The van der Waals surface area contributed by atoms with Gasteiger partial charge in [-0.2, -0.15) is 0 Å². The number of rotatable bonds is 4. The summed E-state index contributed by atoms with van der Waals surface area (Å²) in [6.45, 7) is 4.54. The third-order valence-electron chi connectivity index (χ3n) is 5.64. The molecule has 1 N–H and O–H groups in total. The van der Waals surface area contributed by atoms with Gasteiger partial charge in [-0.15, -0.1) is 0 Å². The van der Waals surface area contributed by atoms with Crippen molar-refractivity contribution in [3.63, 3.8) is 0 Å². The number of nitrogens with zero attached hydrogens (tertiary/aromatic N) is 1. The van der Waals surface area contributed by atoms with E-state index in [9.17, 15) is 4.21 Å². The van der Waals surface area contributed by atoms with Crippen LogP contribution in [-0.2, 0) is 17.2 Å². The van der Waals surface area contributed by atoms with Crippen LogP contribution < -0.4 is 0 Å². The second-order valence-electron chi connectivity index (χ2n) is 7.30. The van der Waals surface area contributed by atoms with Crippen LogP contribution in [0.1, 0.15) is 36.8 Å². The lowest BCUT2D eigenvalue weighted by Gasteiger charge is -2.47. The molecule has 2 aliphatic rings. The number of hydrogen-bond acceptors (Lipinski definition) is 2. The Morgan fingerprint density at radius 2 is 2.26 bits per heavy atom. The van der Waals surface area contributed by atoms with Crippen molar-refractivity contribution in [1.29, 1.82) is 0 Å². The summed E-state index contributed by atoms with van der Waals surface area (Å²) in [4.78, 5) is 6.13. The lowest BCUT2D eigenvalue weighted by atomic mass is 9.72. The summed E-state index contributed by atoms with van der Waals surface area (Å²) in [5.41, 5.74) is 4.28. The molecule has 4 rings (SSSR count). The SMILES string of the molecule is CCCN1CC(CS(C)=O)C[C@H]2c3cccc4[nH]cc(c34)C[C@@H]21. The number of H-pyrrole nitrogens is 1. The molecule has 0 amide bonds. The van der Waals surface area contributed by atoms with Crippen LogP contribution in [0.15, 0.2) is 24.4 Å². The molecule has 4 atom stereocenters. The number of piperidine rings is 1. The first kappa shape index (κ1) is 15.4. The van der Waals surface area contributed by atoms with E-state index in [-0.39, 0.29) is 0 Å². The zero-order chi connectivity index (χ0) is 16.0. The molecule has 0 spiro atoms. The van der Waals surface area contributed by atoms with Crippen LogP contribution in [0.5, 0.6) is 0 Å². The van der Waals surface area contributed by atoms with E-state index in [4.69, 9.17) is 0 Å². The van der Waals surface area contributed by atoms with Gasteiger partial charge in [0, 0.05) is 58.4 Å². The first-order valence-electron chi connectivity index (χ1n) is 8.80. The van der Waals surface area contributed by atoms with Gasteiger partial charge in [0.2, 0.25) is 0 Å². The molecule has 0 radical (unpaired) electrons. The molecule has 1 aliphatic carbocycles. The number of likely N-dealkylation sites (tertiary alicyclic amines) is 1. The van der Waals surface area contributed by atoms with Crippen molar-refractivity contribution in [2.75, 3.05) is 25.1 Å². The Bertz CT molecular complexity index is 738. The fourth-order valence-electron chi connectivity index (χ4n) is 4.90. The van der Waals surface area contributed by atoms with Crippen LogP contribution in [0.4, 0.5) is 0 Å². The minimum Gasteiger partial charge on any atom is -0.361 e. The normalized spacial score (nSPS) is 28.7. The van der Waals surface area contributed by atoms with Gasteiger partial charge in [0.05, 0.1) is 0 Å². The topological polar surface area (TPSA) is 36.1 Å². The summed E-state index contributed by atoms with van der Waals surface area (Å²) >= 11 is 0. The van der Waals surface area contributed by atoms with Crippen molar-refractivity contribution in [2.24, 2.45) is 5.92 Å². The maximum atomic E-state index is 11.8. The molecule has 2 unspecified atom stereocenters. The van der Waals surface area contributed by atoms with Gasteiger partial charge < -0.3 is 4.98 Å². The highest BCUT2D eigenvalue weighted by Crippen LogP contribution is 2.44. The van der Waals surface area contributed by atoms with E-state index in [0.29, 0.717) is 17.9 Å². The molecule has 0 saturated carbocycles. The predicted octanol–water partition coefficient (Wildman–Crippen LogP) is 3.29. The van der Waals surface area contributed by atoms with Crippen molar-refractivity contribution >= 4 is 21.7 Å². The van der Waals surface area contributed by atoms with Gasteiger partial charge in [-0.25, -0.2) is 0 Å². The van der Waals surface area contributed by atoms with Crippen LogP contribution >= 0.6 is 0 Å². The van der Waals surface area contributed by atoms with Gasteiger partial charge in [0.1, 0.15) is 0 Å². The van der Waals surface area contributed by atoms with E-state index in [1.165, 1.54) is 34.9 Å². The smallest absolute Gasteiger partial charge is 0.0459 e. The summed E-state index contributed by atoms with van der Waals surface area (Å²) in [5, 5.41) is 1.46. The third-order valence-corrected chi connectivity index (χ3v) is 6.58. The average molecular weight is 330 g/mol. The van der Waals surface area contributed by atoms with Gasteiger partial charge in [-0.1, -0.05) is 19.1 Å². The van der Waals surface area contributed by atoms with Crippen LogP contribution in [0.3, 0.4) is 0 Å². The molecule has 23 heavy (non-hydrogen) atoms. The highest BCUT2D eigenvalue weighted by atomic mass is 32.2. The van der Waals surface area contributed by atoms with Gasteiger partial charge in [-0.3, -0.25) is 9.11 Å². The lowest BCUT2D eigenvalue weighted by molar-refractivity contribution is 0.0923. The van der Waals surface area contributed by atoms with Crippen molar-refractivity contribution in [3.8, 4) is 0 Å². The Balaban J connectivity index is 1.74. The second-order valence-corrected chi connectivity index (χ2v) is 8.78. The largest absolute Gasteiger partial charge is 0.361 e. The minimum absolute atomic E-state index is 0.560. The Hall–Kier alpha value is -1.13. The van der Waals surface area contributed by atoms with Crippen LogP contribution in [-0.4, -0.2) is 45.2 Å². The van der Waals surface area contributed by atoms with E-state index < -0.39 is 10.8 Å². The zero-order valence-electron chi connectivity index (χ0n) is 14.0. The first-order chi connectivity index (χ1) is 11.2. The number of nitrogens with one attached hydrogen (secondary N) is 1. The molecule has 4 heteroatoms. The minimum atomic E-state index is -0.701. The van der Waals surface area contributed by atoms with Gasteiger partial charge in [0.25, 0.3) is 0 Å². The van der Waals surface area contributed by atoms with E-state index in [2.05, 4.69) is 41.2 Å². The highest BCUT2D eigenvalue weighted by molar-refractivity contribution is 7.84. The highest BCUT2D eigenvalue weighted by Gasteiger charge is 2.40. The summed E-state index contributed by atoms with van der Waals surface area (Å²) < 4.78 is 11.8. The molecule has 1 aliphatic heterocycles. The maximum absolute atomic E-state index is 11.8. The monoisotopic (exact) mass is 330 g/mol. The number of aromatic amines is 1. The Kier molecular flexibility index (Phi) is 4.06. The number of hydrogen-bond donors (Lipinski definition) is 1. The maximum Gasteiger partial charge on any atom is 0.0459 e. The standard InChI is InChI=1S/C19H26N2OS/c1-3-7-21-11-13(12-23(2)22)8-16-15-5-4-6-17-19(15)14(10-20-17)9-18(16)21/h4-6,10,13,16,18,20H,3,7-9,11-12H2,1-2H3/t13?,16-,18-,23?/m0/s1. The number of aromatic nitrogens is 1. The molecular formula is C19H26N2OS. The molecule has 2 aromatic rings. The van der Waals surface area contributed by atoms with E-state index in [1.54, 1.807) is 0 Å². The van der Waals surface area contributed by atoms with Crippen molar-refractivity contribution in [1.82, 2.24) is 9.88 Å². The quantitative estimate of drug-likeness (QED) is 0.934. The fraction of sp³-hybridized carbons (Fsp3) is 0.579. The van der Waals surface area contributed by atoms with E-state index in [1.807, 2.05) is 6.26 Å². The molecule has 1 saturated heterocycles. The predicted molar refractivity (Wildman–Crippen MR) is 97.4 cm³/mol. The van der Waals surface area contributed by atoms with Crippen LogP contribution in [0.25, 0.3) is 10.9 Å². The number of benzene rings is 1. The van der Waals surface area contributed by atoms with Gasteiger partial charge >= 0.3 is 0 Å². The van der Waals surface area contributed by atoms with Crippen LogP contribution in [0, 0.1) is 5.92 Å². The summed E-state index contributed by atoms with van der Waals surface area (Å²) in [7, 11) is -0.701. The summed E-state index contributed by atoms with van der Waals surface area (Å²) in [6.07, 6.45) is 7.59. The fourth-order valence-corrected chi connectivity index (χ4v) is 5.80. The molecule has 0 bridgehead atoms. The zero-order valence-corrected chi connectivity index (χ0v) is 14.9. The Labute approximate surface area is 140 Å². The molecule has 3 nitrogen and oxygen atoms in total. The van der Waals surface area contributed by atoms with Crippen molar-refractivity contribution < 1.29 is 4.21 Å². The Morgan fingerprint density at radius 1 is 1.39 bits per heavy atom. The first-order valence-corrected chi connectivity index (χ1v) is 10.5. The number of fused-ring (bicyclic) bond motifs is 2. The van der Waals surface area contributed by atoms with Gasteiger partial charge in [-0.05, 0) is 48.9 Å². The molecule has 1 aromatic heterocycles. The Morgan fingerprint density at radius 3 is 3.04 bits per heavy atom. The van der Waals surface area contributed by atoms with E-state index >= 15 is 0 Å². The lowest BCUT2D eigenvalue weighted by Crippen LogP contribution is -2.51. The molecule has 2 heterocycles. The second kappa shape index (κ2) is 6.06. The van der Waals surface area contributed by atoms with E-state index in [0.717, 1.165) is 25.3 Å². The molecule has 1 aromatic carbocycles. The third kappa shape index (κ3) is 2.66. The average Bonchev–Trinajstić information content (AvgIpc) is 2.93. The van der Waals surface area contributed by atoms with Gasteiger partial charge in [0.15, 0.2) is 0 Å². The summed E-state index contributed by atoms with van der Waals surface area (Å²) in [5.74, 6) is 2.00. The van der Waals surface area contributed by atoms with Crippen molar-refractivity contribution in [2.45, 2.75) is 38.1 Å². The van der Waals surface area contributed by atoms with Crippen molar-refractivity contribution in [3.05, 3.63) is 35.5 Å². The molecular weight excluding hydrogens is 304 g/mol. The summed E-state index contributed by atoms with van der Waals surface area (Å²) in [6, 6.07) is 7.32. The van der Waals surface area contributed by atoms with Crippen LogP contribution in [0.2, 0.25) is 0 Å². The molecule has 1 fully saturated rings. The molecule has 124 valence electrons.